The molecule has 6 heteroatoms. The van der Waals surface area contributed by atoms with Crippen molar-refractivity contribution in [2.75, 3.05) is 11.1 Å². The van der Waals surface area contributed by atoms with Crippen LogP contribution >= 0.6 is 12.6 Å². The van der Waals surface area contributed by atoms with Crippen LogP contribution < -0.4 is 9.50 Å². The van der Waals surface area contributed by atoms with Gasteiger partial charge in [0, 0.05) is 0 Å². The highest BCUT2D eigenvalue weighted by molar-refractivity contribution is 7.81. The maximum atomic E-state index is 12.2. The van der Waals surface area contributed by atoms with Crippen LogP contribution in [0.15, 0.2) is 59.5 Å². The van der Waals surface area contributed by atoms with Crippen molar-refractivity contribution >= 4 is 35.3 Å². The van der Waals surface area contributed by atoms with Crippen molar-refractivity contribution in [2.45, 2.75) is 4.90 Å². The lowest BCUT2D eigenvalue weighted by Gasteiger charge is -2.10. The Morgan fingerprint density at radius 2 is 1.75 bits per heavy atom. The number of hydrogen-bond donors (Lipinski definition) is 2. The maximum Gasteiger partial charge on any atom is 0.242 e. The van der Waals surface area contributed by atoms with Crippen LogP contribution in [0.2, 0.25) is 0 Å². The molecule has 0 saturated carbocycles. The molecule has 1 N–H and O–H groups in total. The van der Waals surface area contributed by atoms with E-state index in [0.29, 0.717) is 16.3 Å². The first-order chi connectivity index (χ1) is 9.70. The fourth-order valence-corrected chi connectivity index (χ4v) is 2.46. The summed E-state index contributed by atoms with van der Waals surface area (Å²) in [5.41, 5.74) is 0.459. The van der Waals surface area contributed by atoms with Gasteiger partial charge in [0.05, 0.1) is 11.4 Å². The van der Waals surface area contributed by atoms with E-state index in [1.165, 1.54) is 0 Å². The molecule has 20 heavy (non-hydrogen) atoms. The molecule has 0 spiro atoms. The molecule has 0 aliphatic rings. The zero-order valence-corrected chi connectivity index (χ0v) is 12.2. The van der Waals surface area contributed by atoms with Gasteiger partial charge >= 0.3 is 0 Å². The van der Waals surface area contributed by atoms with E-state index in [-0.39, 0.29) is 11.7 Å². The Morgan fingerprint density at radius 1 is 1.10 bits per heavy atom. The second-order valence-corrected chi connectivity index (χ2v) is 5.23. The number of rotatable bonds is 5. The molecular weight excluding hydrogens is 294 g/mol. The molecule has 1 amide bonds. The minimum absolute atomic E-state index is 0.0561. The number of anilines is 1. The Hall–Kier alpha value is -1.79. The number of para-hydroxylation sites is 2. The minimum Gasteiger partial charge on any atom is -0.397 e. The summed E-state index contributed by atoms with van der Waals surface area (Å²) < 4.78 is 17.6. The van der Waals surface area contributed by atoms with Gasteiger partial charge in [-0.3, -0.25) is 4.79 Å². The van der Waals surface area contributed by atoms with Crippen LogP contribution in [0.5, 0.6) is 5.75 Å². The van der Waals surface area contributed by atoms with Crippen molar-refractivity contribution in [3.05, 3.63) is 54.6 Å². The molecular formula is C14H13NO3S2. The van der Waals surface area contributed by atoms with Crippen LogP contribution in [-0.2, 0) is 15.9 Å². The molecule has 0 fully saturated rings. The fourth-order valence-electron chi connectivity index (χ4n) is 1.51. The van der Waals surface area contributed by atoms with E-state index in [4.69, 9.17) is 4.18 Å². The molecule has 0 radical (unpaired) electrons. The smallest absolute Gasteiger partial charge is 0.242 e. The van der Waals surface area contributed by atoms with E-state index in [2.05, 4.69) is 17.9 Å². The van der Waals surface area contributed by atoms with Crippen molar-refractivity contribution in [2.24, 2.45) is 0 Å². The summed E-state index contributed by atoms with van der Waals surface area (Å²) >= 11 is 2.19. The minimum atomic E-state index is -1.70. The quantitative estimate of drug-likeness (QED) is 0.835. The second-order valence-electron chi connectivity index (χ2n) is 3.83. The zero-order valence-electron chi connectivity index (χ0n) is 10.5. The highest BCUT2D eigenvalue weighted by Crippen LogP contribution is 2.22. The standard InChI is InChI=1S/C14H13NO3S2/c16-14(10-19)15-12-8-4-5-9-13(12)20(17)18-11-6-2-1-3-7-11/h1-9,19H,10H2,(H,15,16). The van der Waals surface area contributed by atoms with Crippen molar-refractivity contribution < 1.29 is 13.2 Å². The van der Waals surface area contributed by atoms with Crippen molar-refractivity contribution in [1.82, 2.24) is 0 Å². The summed E-state index contributed by atoms with van der Waals surface area (Å²) in [4.78, 5) is 11.8. The molecule has 0 aliphatic heterocycles. The molecule has 104 valence electrons. The lowest BCUT2D eigenvalue weighted by atomic mass is 10.3. The van der Waals surface area contributed by atoms with Gasteiger partial charge in [0.15, 0.2) is 0 Å². The summed E-state index contributed by atoms with van der Waals surface area (Å²) in [5.74, 6) is 0.291. The molecule has 1 unspecified atom stereocenters. The predicted molar refractivity (Wildman–Crippen MR) is 82.4 cm³/mol. The predicted octanol–water partition coefficient (Wildman–Crippen LogP) is 2.66. The van der Waals surface area contributed by atoms with Crippen LogP contribution in [-0.4, -0.2) is 15.9 Å². The van der Waals surface area contributed by atoms with Crippen LogP contribution in [0, 0.1) is 0 Å². The maximum absolute atomic E-state index is 12.2. The van der Waals surface area contributed by atoms with Gasteiger partial charge in [0.2, 0.25) is 17.0 Å². The Balaban J connectivity index is 2.19. The van der Waals surface area contributed by atoms with E-state index < -0.39 is 11.1 Å². The van der Waals surface area contributed by atoms with Crippen LogP contribution in [0.4, 0.5) is 5.69 Å². The summed E-state index contributed by atoms with van der Waals surface area (Å²) in [6.07, 6.45) is 0. The third-order valence-electron chi connectivity index (χ3n) is 2.40. The van der Waals surface area contributed by atoms with E-state index >= 15 is 0 Å². The monoisotopic (exact) mass is 307 g/mol. The zero-order chi connectivity index (χ0) is 14.4. The third kappa shape index (κ3) is 3.85. The molecule has 0 bridgehead atoms. The Morgan fingerprint density at radius 3 is 2.45 bits per heavy atom. The van der Waals surface area contributed by atoms with Crippen LogP contribution in [0.3, 0.4) is 0 Å². The van der Waals surface area contributed by atoms with E-state index in [1.54, 1.807) is 48.5 Å². The molecule has 4 nitrogen and oxygen atoms in total. The van der Waals surface area contributed by atoms with E-state index in [1.807, 2.05) is 6.07 Å². The number of carbonyl (C=O) groups excluding carboxylic acids is 1. The average Bonchev–Trinajstić information content (AvgIpc) is 2.48. The number of amides is 1. The topological polar surface area (TPSA) is 55.4 Å². The highest BCUT2D eigenvalue weighted by atomic mass is 32.2. The summed E-state index contributed by atoms with van der Waals surface area (Å²) in [5, 5.41) is 2.64. The van der Waals surface area contributed by atoms with Gasteiger partial charge in [-0.05, 0) is 24.3 Å². The third-order valence-corrected chi connectivity index (χ3v) is 3.75. The number of nitrogens with one attached hydrogen (secondary N) is 1. The van der Waals surface area contributed by atoms with Gasteiger partial charge in [-0.15, -0.1) is 0 Å². The Labute approximate surface area is 125 Å². The lowest BCUT2D eigenvalue weighted by Crippen LogP contribution is -2.15. The number of benzene rings is 2. The Bertz CT molecular complexity index is 617. The number of thiol groups is 1. The highest BCUT2D eigenvalue weighted by Gasteiger charge is 2.13. The molecule has 1 atom stereocenters. The van der Waals surface area contributed by atoms with Crippen molar-refractivity contribution in [3.8, 4) is 5.75 Å². The average molecular weight is 307 g/mol. The molecule has 0 heterocycles. The SMILES string of the molecule is O=C(CS)Nc1ccccc1S(=O)Oc1ccccc1. The largest absolute Gasteiger partial charge is 0.397 e. The van der Waals surface area contributed by atoms with Gasteiger partial charge in [0.1, 0.15) is 10.6 Å². The van der Waals surface area contributed by atoms with Gasteiger partial charge in [-0.1, -0.05) is 30.3 Å². The van der Waals surface area contributed by atoms with E-state index in [0.717, 1.165) is 0 Å². The molecule has 2 aromatic rings. The summed E-state index contributed by atoms with van der Waals surface area (Å²) in [6.45, 7) is 0. The summed E-state index contributed by atoms with van der Waals surface area (Å²) in [6, 6.07) is 15.7. The van der Waals surface area contributed by atoms with Gasteiger partial charge in [-0.2, -0.15) is 12.6 Å². The first kappa shape index (κ1) is 14.6. The summed E-state index contributed by atoms with van der Waals surface area (Å²) in [7, 11) is 0. The van der Waals surface area contributed by atoms with Crippen LogP contribution in [0.1, 0.15) is 0 Å². The molecule has 0 saturated heterocycles. The van der Waals surface area contributed by atoms with Gasteiger partial charge in [0.25, 0.3) is 0 Å². The van der Waals surface area contributed by atoms with Gasteiger partial charge < -0.3 is 9.50 Å². The van der Waals surface area contributed by atoms with Crippen molar-refractivity contribution in [1.29, 1.82) is 0 Å². The number of carbonyl (C=O) groups is 1. The molecule has 0 aromatic heterocycles. The first-order valence-corrected chi connectivity index (χ1v) is 7.56. The Kier molecular flexibility index (Phi) is 5.20. The molecule has 2 aromatic carbocycles. The normalized spacial score (nSPS) is 11.7. The lowest BCUT2D eigenvalue weighted by molar-refractivity contribution is -0.113. The second kappa shape index (κ2) is 7.12. The van der Waals surface area contributed by atoms with E-state index in [9.17, 15) is 9.00 Å². The number of hydrogen-bond acceptors (Lipinski definition) is 4. The molecule has 0 aliphatic carbocycles. The van der Waals surface area contributed by atoms with Crippen molar-refractivity contribution in [3.63, 3.8) is 0 Å². The van der Waals surface area contributed by atoms with Crippen LogP contribution in [0.25, 0.3) is 0 Å². The van der Waals surface area contributed by atoms with Gasteiger partial charge in [-0.25, -0.2) is 4.21 Å². The first-order valence-electron chi connectivity index (χ1n) is 5.85. The molecule has 2 rings (SSSR count). The fraction of sp³-hybridized carbons (Fsp3) is 0.0714.